The maximum Gasteiger partial charge on any atom is 0.191 e. The summed E-state index contributed by atoms with van der Waals surface area (Å²) in [4.78, 5) is 8.60. The second kappa shape index (κ2) is 9.01. The second-order valence-electron chi connectivity index (χ2n) is 5.68. The number of halogens is 1. The minimum atomic E-state index is 0.591. The Morgan fingerprint density at radius 2 is 1.77 bits per heavy atom. The number of guanidine groups is 1. The van der Waals surface area contributed by atoms with E-state index in [-0.39, 0.29) is 0 Å². The lowest BCUT2D eigenvalue weighted by Crippen LogP contribution is -2.36. The van der Waals surface area contributed by atoms with Crippen molar-refractivity contribution in [3.05, 3.63) is 77.3 Å². The second-order valence-corrected chi connectivity index (χ2v) is 6.12. The van der Waals surface area contributed by atoms with Gasteiger partial charge in [-0.25, -0.2) is 14.7 Å². The number of rotatable bonds is 6. The molecule has 3 aromatic rings. The number of benzene rings is 2. The van der Waals surface area contributed by atoms with Crippen LogP contribution in [0.5, 0.6) is 0 Å². The van der Waals surface area contributed by atoms with Crippen molar-refractivity contribution in [2.75, 3.05) is 6.54 Å². The number of aliphatic imine (C=N–C) groups is 1. The number of nitrogens with zero attached hydrogens (tertiary/aromatic N) is 4. The predicted molar refractivity (Wildman–Crippen MR) is 104 cm³/mol. The van der Waals surface area contributed by atoms with Gasteiger partial charge in [-0.3, -0.25) is 0 Å². The number of hydrogen-bond acceptors (Lipinski definition) is 3. The topological polar surface area (TPSA) is 67.1 Å². The van der Waals surface area contributed by atoms with Crippen molar-refractivity contribution in [1.82, 2.24) is 25.4 Å². The summed E-state index contributed by atoms with van der Waals surface area (Å²) in [5.41, 5.74) is 3.25. The van der Waals surface area contributed by atoms with Crippen LogP contribution in [0, 0.1) is 0 Å². The van der Waals surface area contributed by atoms with Gasteiger partial charge in [0.05, 0.1) is 12.2 Å². The first-order valence-corrected chi connectivity index (χ1v) is 8.83. The molecule has 0 atom stereocenters. The van der Waals surface area contributed by atoms with Gasteiger partial charge in [-0.2, -0.15) is 5.10 Å². The molecule has 0 amide bonds. The van der Waals surface area contributed by atoms with Gasteiger partial charge in [-0.05, 0) is 42.3 Å². The molecule has 2 N–H and O–H groups in total. The lowest BCUT2D eigenvalue weighted by atomic mass is 10.2. The van der Waals surface area contributed by atoms with E-state index in [2.05, 4.69) is 25.7 Å². The van der Waals surface area contributed by atoms with Crippen LogP contribution < -0.4 is 10.6 Å². The maximum atomic E-state index is 5.92. The standard InChI is InChI=1S/C19H21ClN6/c1-2-22-19(23-11-15-3-7-17(20)8-4-15)24-12-16-5-9-18(10-6-16)26-14-21-13-25-26/h3-10,13-14H,2,11-12H2,1H3,(H2,22,23,24). The lowest BCUT2D eigenvalue weighted by molar-refractivity contribution is 0.816. The molecule has 0 saturated heterocycles. The highest BCUT2D eigenvalue weighted by Crippen LogP contribution is 2.10. The first-order chi connectivity index (χ1) is 12.7. The summed E-state index contributed by atoms with van der Waals surface area (Å²) in [5, 5.41) is 11.5. The average Bonchev–Trinajstić information content (AvgIpc) is 3.20. The van der Waals surface area contributed by atoms with Crippen molar-refractivity contribution in [2.45, 2.75) is 20.0 Å². The molecule has 0 radical (unpaired) electrons. The van der Waals surface area contributed by atoms with E-state index in [9.17, 15) is 0 Å². The van der Waals surface area contributed by atoms with Gasteiger partial charge < -0.3 is 10.6 Å². The third-order valence-corrected chi connectivity index (χ3v) is 4.01. The van der Waals surface area contributed by atoms with E-state index >= 15 is 0 Å². The van der Waals surface area contributed by atoms with E-state index in [1.54, 1.807) is 11.0 Å². The molecule has 0 spiro atoms. The van der Waals surface area contributed by atoms with E-state index < -0.39 is 0 Å². The third kappa shape index (κ3) is 5.07. The molecule has 7 heteroatoms. The summed E-state index contributed by atoms with van der Waals surface area (Å²) >= 11 is 5.92. The molecule has 26 heavy (non-hydrogen) atoms. The molecule has 0 saturated carbocycles. The smallest absolute Gasteiger partial charge is 0.191 e. The van der Waals surface area contributed by atoms with Crippen molar-refractivity contribution in [3.8, 4) is 5.69 Å². The van der Waals surface area contributed by atoms with Gasteiger partial charge >= 0.3 is 0 Å². The molecule has 0 fully saturated rings. The van der Waals surface area contributed by atoms with E-state index in [0.717, 1.165) is 34.3 Å². The fourth-order valence-electron chi connectivity index (χ4n) is 2.40. The van der Waals surface area contributed by atoms with Gasteiger partial charge in [0.2, 0.25) is 0 Å². The Labute approximate surface area is 157 Å². The Kier molecular flexibility index (Phi) is 6.22. The molecule has 0 aliphatic carbocycles. The van der Waals surface area contributed by atoms with Crippen molar-refractivity contribution in [3.63, 3.8) is 0 Å². The third-order valence-electron chi connectivity index (χ3n) is 3.76. The quantitative estimate of drug-likeness (QED) is 0.518. The van der Waals surface area contributed by atoms with Crippen LogP contribution in [-0.4, -0.2) is 27.3 Å². The average molecular weight is 369 g/mol. The first kappa shape index (κ1) is 17.9. The lowest BCUT2D eigenvalue weighted by Gasteiger charge is -2.11. The summed E-state index contributed by atoms with van der Waals surface area (Å²) in [5.74, 6) is 0.780. The molecule has 0 aliphatic rings. The van der Waals surface area contributed by atoms with Gasteiger partial charge in [0.25, 0.3) is 0 Å². The Bertz CT molecular complexity index is 825. The summed E-state index contributed by atoms with van der Waals surface area (Å²) in [6.07, 6.45) is 3.20. The zero-order chi connectivity index (χ0) is 18.2. The molecule has 6 nitrogen and oxygen atoms in total. The summed E-state index contributed by atoms with van der Waals surface area (Å²) < 4.78 is 1.73. The first-order valence-electron chi connectivity index (χ1n) is 8.45. The monoisotopic (exact) mass is 368 g/mol. The van der Waals surface area contributed by atoms with Crippen LogP contribution in [0.4, 0.5) is 0 Å². The molecule has 2 aromatic carbocycles. The summed E-state index contributed by atoms with van der Waals surface area (Å²) in [6.45, 7) is 4.13. The fourth-order valence-corrected chi connectivity index (χ4v) is 2.52. The molecular weight excluding hydrogens is 348 g/mol. The van der Waals surface area contributed by atoms with E-state index in [1.807, 2.05) is 55.5 Å². The highest BCUT2D eigenvalue weighted by Gasteiger charge is 2.00. The normalized spacial score (nSPS) is 11.4. The number of aromatic nitrogens is 3. The largest absolute Gasteiger partial charge is 0.357 e. The minimum absolute atomic E-state index is 0.591. The fraction of sp³-hybridized carbons (Fsp3) is 0.211. The SMILES string of the molecule is CCNC(=NCc1ccc(-n2cncn2)cc1)NCc1ccc(Cl)cc1. The molecule has 3 rings (SSSR count). The van der Waals surface area contributed by atoms with Crippen molar-refractivity contribution in [1.29, 1.82) is 0 Å². The van der Waals surface area contributed by atoms with Crippen LogP contribution in [0.3, 0.4) is 0 Å². The Morgan fingerprint density at radius 1 is 1.04 bits per heavy atom. The summed E-state index contributed by atoms with van der Waals surface area (Å²) in [7, 11) is 0. The number of hydrogen-bond donors (Lipinski definition) is 2. The van der Waals surface area contributed by atoms with Gasteiger partial charge in [0.1, 0.15) is 12.7 Å². The van der Waals surface area contributed by atoms with E-state index in [1.165, 1.54) is 6.33 Å². The molecule has 0 unspecified atom stereocenters. The van der Waals surface area contributed by atoms with Crippen molar-refractivity contribution >= 4 is 17.6 Å². The van der Waals surface area contributed by atoms with Gasteiger partial charge in [-0.15, -0.1) is 0 Å². The Balaban J connectivity index is 1.60. The molecule has 1 heterocycles. The zero-order valence-corrected chi connectivity index (χ0v) is 15.3. The summed E-state index contributed by atoms with van der Waals surface area (Å²) in [6, 6.07) is 15.9. The molecule has 0 aliphatic heterocycles. The highest BCUT2D eigenvalue weighted by atomic mass is 35.5. The van der Waals surface area contributed by atoms with Gasteiger partial charge in [0, 0.05) is 18.1 Å². The molecule has 1 aromatic heterocycles. The predicted octanol–water partition coefficient (Wildman–Crippen LogP) is 3.18. The Hall–Kier alpha value is -2.86. The maximum absolute atomic E-state index is 5.92. The Morgan fingerprint density at radius 3 is 2.42 bits per heavy atom. The van der Waals surface area contributed by atoms with Crippen LogP contribution in [0.2, 0.25) is 5.02 Å². The highest BCUT2D eigenvalue weighted by molar-refractivity contribution is 6.30. The van der Waals surface area contributed by atoms with Crippen LogP contribution in [0.15, 0.2) is 66.2 Å². The van der Waals surface area contributed by atoms with Gasteiger partial charge in [-0.1, -0.05) is 35.9 Å². The van der Waals surface area contributed by atoms with E-state index in [0.29, 0.717) is 13.1 Å². The molecular formula is C19H21ClN6. The minimum Gasteiger partial charge on any atom is -0.357 e. The van der Waals surface area contributed by atoms with Crippen LogP contribution in [-0.2, 0) is 13.1 Å². The molecule has 134 valence electrons. The van der Waals surface area contributed by atoms with Gasteiger partial charge in [0.15, 0.2) is 5.96 Å². The zero-order valence-electron chi connectivity index (χ0n) is 14.6. The van der Waals surface area contributed by atoms with Crippen molar-refractivity contribution in [2.24, 2.45) is 4.99 Å². The van der Waals surface area contributed by atoms with Crippen LogP contribution in [0.1, 0.15) is 18.1 Å². The van der Waals surface area contributed by atoms with Crippen molar-refractivity contribution < 1.29 is 0 Å². The number of nitrogens with one attached hydrogen (secondary N) is 2. The van der Waals surface area contributed by atoms with Crippen LogP contribution in [0.25, 0.3) is 5.69 Å². The van der Waals surface area contributed by atoms with E-state index in [4.69, 9.17) is 11.6 Å². The van der Waals surface area contributed by atoms with Crippen LogP contribution >= 0.6 is 11.6 Å². The molecule has 0 bridgehead atoms.